The quantitative estimate of drug-likeness (QED) is 0.506. The maximum absolute atomic E-state index is 10.1. The summed E-state index contributed by atoms with van der Waals surface area (Å²) in [5.74, 6) is 0.784. The van der Waals surface area contributed by atoms with Crippen LogP contribution in [0.4, 0.5) is 0 Å². The molecule has 1 heterocycles. The third-order valence-corrected chi connectivity index (χ3v) is 3.50. The number of fused-ring (bicyclic) bond motifs is 1. The number of aliphatic hydroxyl groups is 1. The van der Waals surface area contributed by atoms with Crippen LogP contribution in [-0.4, -0.2) is 30.5 Å². The molecule has 4 unspecified atom stereocenters. The molecule has 0 amide bonds. The van der Waals surface area contributed by atoms with Crippen LogP contribution in [0.15, 0.2) is 36.5 Å². The minimum atomic E-state index is -0.445. The Morgan fingerprint density at radius 3 is 3.06 bits per heavy atom. The van der Waals surface area contributed by atoms with Crippen LogP contribution in [0.3, 0.4) is 0 Å². The van der Waals surface area contributed by atoms with E-state index >= 15 is 0 Å². The van der Waals surface area contributed by atoms with Gasteiger partial charge in [0, 0.05) is 25.0 Å². The molecule has 0 aromatic heterocycles. The molecule has 0 radical (unpaired) electrons. The highest BCUT2D eigenvalue weighted by Crippen LogP contribution is 2.26. The van der Waals surface area contributed by atoms with Crippen LogP contribution >= 0.6 is 0 Å². The van der Waals surface area contributed by atoms with Crippen molar-refractivity contribution in [2.45, 2.75) is 25.6 Å². The molecule has 4 atom stereocenters. The molecular weight excluding hydrogens is 212 g/mol. The lowest BCUT2D eigenvalue weighted by Crippen LogP contribution is -2.51. The van der Waals surface area contributed by atoms with Crippen LogP contribution in [0.5, 0.6) is 0 Å². The van der Waals surface area contributed by atoms with Gasteiger partial charge in [-0.2, -0.15) is 0 Å². The molecule has 0 spiro atoms. The topological polar surface area (TPSA) is 44.3 Å². The second kappa shape index (κ2) is 5.63. The summed E-state index contributed by atoms with van der Waals surface area (Å²) in [7, 11) is 0. The summed E-state index contributed by atoms with van der Waals surface area (Å²) in [6.07, 6.45) is 9.20. The van der Waals surface area contributed by atoms with Gasteiger partial charge in [-0.1, -0.05) is 36.5 Å². The molecule has 0 bridgehead atoms. The summed E-state index contributed by atoms with van der Waals surface area (Å²) in [5, 5.41) is 16.7. The van der Waals surface area contributed by atoms with Gasteiger partial charge in [-0.25, -0.2) is 0 Å². The fourth-order valence-electron chi connectivity index (χ4n) is 2.50. The Hall–Kier alpha value is -0.900. The van der Waals surface area contributed by atoms with E-state index in [2.05, 4.69) is 41.5 Å². The van der Waals surface area contributed by atoms with Crippen molar-refractivity contribution in [3.05, 3.63) is 36.5 Å². The molecule has 1 saturated heterocycles. The highest BCUT2D eigenvalue weighted by atomic mass is 16.3. The Morgan fingerprint density at radius 2 is 2.29 bits per heavy atom. The van der Waals surface area contributed by atoms with E-state index in [1.807, 2.05) is 6.92 Å². The average molecular weight is 234 g/mol. The molecule has 3 nitrogen and oxygen atoms in total. The first-order valence-corrected chi connectivity index (χ1v) is 6.31. The maximum Gasteiger partial charge on any atom is 0.109 e. The lowest BCUT2D eigenvalue weighted by molar-refractivity contribution is 0.0519. The fraction of sp³-hybridized carbons (Fsp3) is 0.571. The van der Waals surface area contributed by atoms with Crippen molar-refractivity contribution in [1.29, 1.82) is 0 Å². The molecule has 0 aromatic rings. The Kier molecular flexibility index (Phi) is 4.15. The minimum absolute atomic E-state index is 0.270. The number of hydrogen-bond acceptors (Lipinski definition) is 3. The van der Waals surface area contributed by atoms with Crippen LogP contribution in [-0.2, 0) is 0 Å². The standard InChI is InChI=1S/C14H22N2O/c1-10(2)8-16-14(17)12-7-11-5-3-4-6-13(11)15-9-12/h3-6,11-17H,1,7-9H2,2H3. The summed E-state index contributed by atoms with van der Waals surface area (Å²) in [5.41, 5.74) is 1.05. The van der Waals surface area contributed by atoms with Gasteiger partial charge in [0.05, 0.1) is 0 Å². The third kappa shape index (κ3) is 3.28. The van der Waals surface area contributed by atoms with Crippen molar-refractivity contribution in [3.63, 3.8) is 0 Å². The number of rotatable bonds is 4. The first-order valence-electron chi connectivity index (χ1n) is 6.31. The summed E-state index contributed by atoms with van der Waals surface area (Å²) in [6, 6.07) is 0.449. The third-order valence-electron chi connectivity index (χ3n) is 3.50. The van der Waals surface area contributed by atoms with Gasteiger partial charge in [-0.15, -0.1) is 0 Å². The number of allylic oxidation sites excluding steroid dienone is 2. The van der Waals surface area contributed by atoms with Crippen LogP contribution in [0.1, 0.15) is 13.3 Å². The monoisotopic (exact) mass is 234 g/mol. The number of hydrogen-bond donors (Lipinski definition) is 3. The molecule has 1 aliphatic carbocycles. The maximum atomic E-state index is 10.1. The smallest absolute Gasteiger partial charge is 0.109 e. The zero-order valence-corrected chi connectivity index (χ0v) is 10.4. The zero-order chi connectivity index (χ0) is 12.3. The summed E-state index contributed by atoms with van der Waals surface area (Å²) >= 11 is 0. The highest BCUT2D eigenvalue weighted by Gasteiger charge is 2.31. The minimum Gasteiger partial charge on any atom is -0.378 e. The van der Waals surface area contributed by atoms with Crippen LogP contribution < -0.4 is 10.6 Å². The lowest BCUT2D eigenvalue weighted by Gasteiger charge is -2.37. The van der Waals surface area contributed by atoms with E-state index < -0.39 is 6.23 Å². The van der Waals surface area contributed by atoms with Crippen molar-refractivity contribution >= 4 is 0 Å². The summed E-state index contributed by atoms with van der Waals surface area (Å²) in [4.78, 5) is 0. The number of nitrogens with one attached hydrogen (secondary N) is 2. The van der Waals surface area contributed by atoms with Gasteiger partial charge in [0.2, 0.25) is 0 Å². The van der Waals surface area contributed by atoms with Gasteiger partial charge in [0.1, 0.15) is 6.23 Å². The van der Waals surface area contributed by atoms with Gasteiger partial charge in [0.15, 0.2) is 0 Å². The molecule has 3 N–H and O–H groups in total. The molecule has 0 aromatic carbocycles. The van der Waals surface area contributed by atoms with E-state index in [0.29, 0.717) is 18.5 Å². The molecule has 2 aliphatic rings. The van der Waals surface area contributed by atoms with Gasteiger partial charge in [0.25, 0.3) is 0 Å². The largest absolute Gasteiger partial charge is 0.378 e. The van der Waals surface area contributed by atoms with Gasteiger partial charge >= 0.3 is 0 Å². The fourth-order valence-corrected chi connectivity index (χ4v) is 2.50. The Labute approximate surface area is 103 Å². The van der Waals surface area contributed by atoms with E-state index in [0.717, 1.165) is 18.5 Å². The predicted molar refractivity (Wildman–Crippen MR) is 70.5 cm³/mol. The molecular formula is C14H22N2O. The molecule has 0 saturated carbocycles. The first kappa shape index (κ1) is 12.6. The van der Waals surface area contributed by atoms with Crippen LogP contribution in [0.25, 0.3) is 0 Å². The van der Waals surface area contributed by atoms with Crippen LogP contribution in [0.2, 0.25) is 0 Å². The second-order valence-electron chi connectivity index (χ2n) is 5.15. The van der Waals surface area contributed by atoms with Crippen molar-refractivity contribution in [2.24, 2.45) is 11.8 Å². The van der Waals surface area contributed by atoms with Crippen molar-refractivity contribution < 1.29 is 5.11 Å². The molecule has 1 fully saturated rings. The van der Waals surface area contributed by atoms with Crippen LogP contribution in [0, 0.1) is 11.8 Å². The second-order valence-corrected chi connectivity index (χ2v) is 5.15. The molecule has 3 heteroatoms. The predicted octanol–water partition coefficient (Wildman–Crippen LogP) is 1.19. The summed E-state index contributed by atoms with van der Waals surface area (Å²) < 4.78 is 0. The van der Waals surface area contributed by atoms with Gasteiger partial charge in [-0.3, -0.25) is 5.32 Å². The Morgan fingerprint density at radius 1 is 1.53 bits per heavy atom. The summed E-state index contributed by atoms with van der Waals surface area (Å²) in [6.45, 7) is 7.34. The van der Waals surface area contributed by atoms with Gasteiger partial charge < -0.3 is 10.4 Å². The number of piperidine rings is 1. The van der Waals surface area contributed by atoms with E-state index in [9.17, 15) is 5.11 Å². The SMILES string of the molecule is C=C(C)CNC(O)C1CNC2C=CC=CC2C1. The normalized spacial score (nSPS) is 33.2. The van der Waals surface area contributed by atoms with E-state index in [1.165, 1.54) is 0 Å². The Balaban J connectivity index is 1.85. The van der Waals surface area contributed by atoms with Crippen molar-refractivity contribution in [2.75, 3.05) is 13.1 Å². The van der Waals surface area contributed by atoms with Crippen molar-refractivity contribution in [3.8, 4) is 0 Å². The van der Waals surface area contributed by atoms with Gasteiger partial charge in [-0.05, 0) is 19.3 Å². The Bertz CT molecular complexity index is 335. The zero-order valence-electron chi connectivity index (χ0n) is 10.4. The average Bonchev–Trinajstić information content (AvgIpc) is 2.35. The van der Waals surface area contributed by atoms with E-state index in [1.54, 1.807) is 0 Å². The number of aliphatic hydroxyl groups excluding tert-OH is 1. The highest BCUT2D eigenvalue weighted by molar-refractivity contribution is 5.18. The first-order chi connectivity index (χ1) is 8.16. The van der Waals surface area contributed by atoms with E-state index in [-0.39, 0.29) is 5.92 Å². The molecule has 94 valence electrons. The molecule has 2 rings (SSSR count). The molecule has 1 aliphatic heterocycles. The molecule has 17 heavy (non-hydrogen) atoms. The van der Waals surface area contributed by atoms with Crippen molar-refractivity contribution in [1.82, 2.24) is 10.6 Å². The lowest BCUT2D eigenvalue weighted by atomic mass is 9.81. The van der Waals surface area contributed by atoms with E-state index in [4.69, 9.17) is 0 Å².